The summed E-state index contributed by atoms with van der Waals surface area (Å²) in [5.74, 6) is 1.40. The SMILES string of the molecule is O=C(/C=C/c1ccc2c(c1)OCO2)NCC1(c2ccccc2)CCC1. The molecule has 25 heavy (non-hydrogen) atoms. The third kappa shape index (κ3) is 3.25. The molecule has 1 aliphatic heterocycles. The number of benzene rings is 2. The topological polar surface area (TPSA) is 47.6 Å². The van der Waals surface area contributed by atoms with E-state index in [0.29, 0.717) is 6.54 Å². The second-order valence-electron chi connectivity index (χ2n) is 6.66. The van der Waals surface area contributed by atoms with Crippen LogP contribution in [-0.2, 0) is 10.2 Å². The molecule has 1 N–H and O–H groups in total. The molecular formula is C21H21NO3. The molecule has 1 amide bonds. The van der Waals surface area contributed by atoms with Gasteiger partial charge in [0.25, 0.3) is 0 Å². The van der Waals surface area contributed by atoms with Gasteiger partial charge in [-0.3, -0.25) is 4.79 Å². The first-order valence-electron chi connectivity index (χ1n) is 8.66. The summed E-state index contributed by atoms with van der Waals surface area (Å²) in [6.07, 6.45) is 6.85. The highest BCUT2D eigenvalue weighted by Crippen LogP contribution is 2.43. The van der Waals surface area contributed by atoms with E-state index in [-0.39, 0.29) is 18.1 Å². The van der Waals surface area contributed by atoms with Crippen LogP contribution in [0.3, 0.4) is 0 Å². The molecule has 1 fully saturated rings. The van der Waals surface area contributed by atoms with Crippen LogP contribution in [0.1, 0.15) is 30.4 Å². The van der Waals surface area contributed by atoms with Gasteiger partial charge in [0.2, 0.25) is 12.7 Å². The van der Waals surface area contributed by atoms with Crippen LogP contribution in [0.15, 0.2) is 54.6 Å². The van der Waals surface area contributed by atoms with Gasteiger partial charge in [-0.05, 0) is 42.2 Å². The van der Waals surface area contributed by atoms with Crippen LogP contribution < -0.4 is 14.8 Å². The van der Waals surface area contributed by atoms with Crippen LogP contribution in [0.25, 0.3) is 6.08 Å². The summed E-state index contributed by atoms with van der Waals surface area (Å²) in [6.45, 7) is 0.936. The lowest BCUT2D eigenvalue weighted by Crippen LogP contribution is -2.45. The fourth-order valence-corrected chi connectivity index (χ4v) is 3.47. The molecule has 4 heteroatoms. The van der Waals surface area contributed by atoms with Crippen LogP contribution in [0, 0.1) is 0 Å². The van der Waals surface area contributed by atoms with Gasteiger partial charge in [0.1, 0.15) is 0 Å². The Morgan fingerprint density at radius 2 is 1.88 bits per heavy atom. The first-order chi connectivity index (χ1) is 12.3. The van der Waals surface area contributed by atoms with Gasteiger partial charge in [-0.1, -0.05) is 42.8 Å². The molecular weight excluding hydrogens is 314 g/mol. The van der Waals surface area contributed by atoms with Gasteiger partial charge in [0.05, 0.1) is 0 Å². The molecule has 2 aromatic rings. The fourth-order valence-electron chi connectivity index (χ4n) is 3.47. The van der Waals surface area contributed by atoms with E-state index in [9.17, 15) is 4.79 Å². The normalized spacial score (nSPS) is 17.3. The summed E-state index contributed by atoms with van der Waals surface area (Å²) in [5, 5.41) is 3.06. The number of hydrogen-bond donors (Lipinski definition) is 1. The molecule has 0 aromatic heterocycles. The Kier molecular flexibility index (Phi) is 4.18. The van der Waals surface area contributed by atoms with Crippen molar-refractivity contribution in [3.8, 4) is 11.5 Å². The lowest BCUT2D eigenvalue weighted by atomic mass is 9.64. The Labute approximate surface area is 147 Å². The molecule has 2 aromatic carbocycles. The maximum Gasteiger partial charge on any atom is 0.244 e. The van der Waals surface area contributed by atoms with Crippen molar-refractivity contribution in [1.29, 1.82) is 0 Å². The Balaban J connectivity index is 1.37. The van der Waals surface area contributed by atoms with E-state index in [0.717, 1.165) is 29.9 Å². The molecule has 1 saturated carbocycles. The largest absolute Gasteiger partial charge is 0.454 e. The van der Waals surface area contributed by atoms with Crippen LogP contribution >= 0.6 is 0 Å². The molecule has 0 spiro atoms. The van der Waals surface area contributed by atoms with E-state index in [1.165, 1.54) is 12.0 Å². The lowest BCUT2D eigenvalue weighted by Gasteiger charge is -2.42. The number of ether oxygens (including phenoxy) is 2. The van der Waals surface area contributed by atoms with Gasteiger partial charge in [0, 0.05) is 18.0 Å². The van der Waals surface area contributed by atoms with Crippen LogP contribution in [0.2, 0.25) is 0 Å². The Morgan fingerprint density at radius 1 is 1.08 bits per heavy atom. The average Bonchev–Trinajstić information content (AvgIpc) is 3.08. The van der Waals surface area contributed by atoms with Gasteiger partial charge >= 0.3 is 0 Å². The Morgan fingerprint density at radius 3 is 2.64 bits per heavy atom. The number of nitrogens with one attached hydrogen (secondary N) is 1. The molecule has 4 rings (SSSR count). The van der Waals surface area contributed by atoms with E-state index < -0.39 is 0 Å². The minimum atomic E-state index is -0.0696. The van der Waals surface area contributed by atoms with E-state index in [2.05, 4.69) is 29.6 Å². The van der Waals surface area contributed by atoms with E-state index in [4.69, 9.17) is 9.47 Å². The summed E-state index contributed by atoms with van der Waals surface area (Å²) >= 11 is 0. The number of fused-ring (bicyclic) bond motifs is 1. The lowest BCUT2D eigenvalue weighted by molar-refractivity contribution is -0.116. The minimum Gasteiger partial charge on any atom is -0.454 e. The molecule has 0 atom stereocenters. The molecule has 0 bridgehead atoms. The summed E-state index contributed by atoms with van der Waals surface area (Å²) < 4.78 is 10.6. The molecule has 0 unspecified atom stereocenters. The number of carbonyl (C=O) groups is 1. The fraction of sp³-hybridized carbons (Fsp3) is 0.286. The van der Waals surface area contributed by atoms with Crippen LogP contribution in [0.5, 0.6) is 11.5 Å². The van der Waals surface area contributed by atoms with Crippen molar-refractivity contribution in [3.05, 3.63) is 65.7 Å². The first kappa shape index (κ1) is 15.8. The summed E-state index contributed by atoms with van der Waals surface area (Å²) in [7, 11) is 0. The number of rotatable bonds is 5. The molecule has 4 nitrogen and oxygen atoms in total. The second kappa shape index (κ2) is 6.63. The highest BCUT2D eigenvalue weighted by molar-refractivity contribution is 5.91. The predicted molar refractivity (Wildman–Crippen MR) is 96.6 cm³/mol. The zero-order chi connectivity index (χ0) is 17.1. The van der Waals surface area contributed by atoms with Crippen LogP contribution in [0.4, 0.5) is 0 Å². The summed E-state index contributed by atoms with van der Waals surface area (Å²) in [4.78, 5) is 12.2. The third-order valence-corrected chi connectivity index (χ3v) is 5.12. The Bertz CT molecular complexity index is 794. The average molecular weight is 335 g/mol. The number of carbonyl (C=O) groups excluding carboxylic acids is 1. The zero-order valence-electron chi connectivity index (χ0n) is 14.0. The van der Waals surface area contributed by atoms with Crippen molar-refractivity contribution in [2.24, 2.45) is 0 Å². The minimum absolute atomic E-state index is 0.0696. The maximum atomic E-state index is 12.2. The quantitative estimate of drug-likeness (QED) is 0.848. The standard InChI is InChI=1S/C21H21NO3/c23-20(10-8-16-7-9-18-19(13-16)25-15-24-18)22-14-21(11-4-12-21)17-5-2-1-3-6-17/h1-3,5-10,13H,4,11-12,14-15H2,(H,22,23)/b10-8+. The molecule has 1 aliphatic carbocycles. The highest BCUT2D eigenvalue weighted by atomic mass is 16.7. The van der Waals surface area contributed by atoms with E-state index in [1.54, 1.807) is 12.2 Å². The van der Waals surface area contributed by atoms with Crippen molar-refractivity contribution in [2.75, 3.05) is 13.3 Å². The van der Waals surface area contributed by atoms with Crippen molar-refractivity contribution < 1.29 is 14.3 Å². The summed E-state index contributed by atoms with van der Waals surface area (Å²) in [6, 6.07) is 16.1. The first-order valence-corrected chi connectivity index (χ1v) is 8.66. The predicted octanol–water partition coefficient (Wildman–Crippen LogP) is 3.67. The van der Waals surface area contributed by atoms with Gasteiger partial charge < -0.3 is 14.8 Å². The summed E-state index contributed by atoms with van der Waals surface area (Å²) in [5.41, 5.74) is 2.34. The van der Waals surface area contributed by atoms with E-state index >= 15 is 0 Å². The molecule has 0 radical (unpaired) electrons. The van der Waals surface area contributed by atoms with Crippen LogP contribution in [-0.4, -0.2) is 19.2 Å². The zero-order valence-corrected chi connectivity index (χ0v) is 14.0. The maximum absolute atomic E-state index is 12.2. The third-order valence-electron chi connectivity index (χ3n) is 5.12. The monoisotopic (exact) mass is 335 g/mol. The molecule has 1 heterocycles. The second-order valence-corrected chi connectivity index (χ2v) is 6.66. The van der Waals surface area contributed by atoms with E-state index in [1.807, 2.05) is 24.3 Å². The van der Waals surface area contributed by atoms with Gasteiger partial charge in [-0.25, -0.2) is 0 Å². The van der Waals surface area contributed by atoms with Crippen molar-refractivity contribution >= 4 is 12.0 Å². The van der Waals surface area contributed by atoms with Crippen molar-refractivity contribution in [2.45, 2.75) is 24.7 Å². The molecule has 128 valence electrons. The number of amides is 1. The number of hydrogen-bond acceptors (Lipinski definition) is 3. The van der Waals surface area contributed by atoms with Gasteiger partial charge in [0.15, 0.2) is 11.5 Å². The van der Waals surface area contributed by atoms with Gasteiger partial charge in [-0.15, -0.1) is 0 Å². The Hall–Kier alpha value is -2.75. The van der Waals surface area contributed by atoms with Crippen molar-refractivity contribution in [1.82, 2.24) is 5.32 Å². The highest BCUT2D eigenvalue weighted by Gasteiger charge is 2.38. The van der Waals surface area contributed by atoms with Gasteiger partial charge in [-0.2, -0.15) is 0 Å². The van der Waals surface area contributed by atoms with Crippen molar-refractivity contribution in [3.63, 3.8) is 0 Å². The molecule has 2 aliphatic rings. The molecule has 0 saturated heterocycles. The smallest absolute Gasteiger partial charge is 0.244 e.